The van der Waals surface area contributed by atoms with E-state index < -0.39 is 5.97 Å². The SMILES string of the molecule is C=CC(=O)O.F[Si]. The summed E-state index contributed by atoms with van der Waals surface area (Å²) in [6, 6.07) is 0. The zero-order valence-electron chi connectivity index (χ0n) is 3.52. The topological polar surface area (TPSA) is 37.3 Å². The van der Waals surface area contributed by atoms with Crippen molar-refractivity contribution in [2.24, 2.45) is 0 Å². The summed E-state index contributed by atoms with van der Waals surface area (Å²) < 4.78 is 9.31. The van der Waals surface area contributed by atoms with Crippen LogP contribution in [0.4, 0.5) is 4.11 Å². The van der Waals surface area contributed by atoms with Crippen LogP contribution in [0.5, 0.6) is 0 Å². The molecule has 39 valence electrons. The quantitative estimate of drug-likeness (QED) is 0.306. The lowest BCUT2D eigenvalue weighted by atomic mass is 10.7. The van der Waals surface area contributed by atoms with E-state index in [9.17, 15) is 8.90 Å². The minimum Gasteiger partial charge on any atom is -0.478 e. The van der Waals surface area contributed by atoms with Gasteiger partial charge in [-0.15, -0.1) is 0 Å². The molecule has 0 unspecified atom stereocenters. The second-order valence-electron chi connectivity index (χ2n) is 0.542. The Hall–Kier alpha value is -0.643. The first-order chi connectivity index (χ1) is 3.27. The van der Waals surface area contributed by atoms with Gasteiger partial charge in [0, 0.05) is 6.08 Å². The minimum absolute atomic E-state index is 0.833. The fourth-order valence-electron chi connectivity index (χ4n) is 0. The van der Waals surface area contributed by atoms with E-state index >= 15 is 0 Å². The third kappa shape index (κ3) is 32.8. The highest BCUT2D eigenvalue weighted by atomic mass is 28.2. The molecule has 0 saturated heterocycles. The second kappa shape index (κ2) is 9.02. The molecule has 0 aromatic rings. The number of aliphatic carboxylic acids is 1. The van der Waals surface area contributed by atoms with E-state index in [4.69, 9.17) is 5.11 Å². The molecule has 0 spiro atoms. The van der Waals surface area contributed by atoms with Crippen molar-refractivity contribution in [3.8, 4) is 0 Å². The van der Waals surface area contributed by atoms with Crippen molar-refractivity contribution in [2.75, 3.05) is 0 Å². The van der Waals surface area contributed by atoms with Gasteiger partial charge in [0.15, 0.2) is 0 Å². The molecule has 0 aromatic carbocycles. The third-order valence-corrected chi connectivity index (χ3v) is 0.175. The van der Waals surface area contributed by atoms with Crippen LogP contribution in [0.3, 0.4) is 0 Å². The predicted octanol–water partition coefficient (Wildman–Crippen LogP) is 0.296. The van der Waals surface area contributed by atoms with Crippen LogP contribution in [0, 0.1) is 0 Å². The molecular weight excluding hydrogens is 115 g/mol. The van der Waals surface area contributed by atoms with E-state index in [0.29, 0.717) is 0 Å². The van der Waals surface area contributed by atoms with Gasteiger partial charge in [-0.3, -0.25) is 0 Å². The molecule has 0 bridgehead atoms. The van der Waals surface area contributed by atoms with Crippen LogP contribution in [0.15, 0.2) is 12.7 Å². The van der Waals surface area contributed by atoms with Gasteiger partial charge >= 0.3 is 16.5 Å². The number of carbonyl (C=O) groups is 1. The first kappa shape index (κ1) is 9.61. The van der Waals surface area contributed by atoms with Gasteiger partial charge in [-0.1, -0.05) is 6.58 Å². The molecule has 0 atom stereocenters. The predicted molar refractivity (Wildman–Crippen MR) is 24.7 cm³/mol. The molecule has 2 nitrogen and oxygen atoms in total. The molecule has 0 aliphatic heterocycles. The van der Waals surface area contributed by atoms with Crippen molar-refractivity contribution >= 4 is 16.5 Å². The molecule has 0 aliphatic rings. The Morgan fingerprint density at radius 2 is 2.00 bits per heavy atom. The lowest BCUT2D eigenvalue weighted by Crippen LogP contribution is -1.82. The van der Waals surface area contributed by atoms with Gasteiger partial charge in [-0.05, 0) is 0 Å². The highest BCUT2D eigenvalue weighted by molar-refractivity contribution is 5.96. The van der Waals surface area contributed by atoms with Crippen molar-refractivity contribution in [3.63, 3.8) is 0 Å². The summed E-state index contributed by atoms with van der Waals surface area (Å²) in [5.41, 5.74) is 0. The first-order valence-corrected chi connectivity index (χ1v) is 1.69. The van der Waals surface area contributed by atoms with Crippen molar-refractivity contribution < 1.29 is 14.0 Å². The van der Waals surface area contributed by atoms with Crippen molar-refractivity contribution in [1.82, 2.24) is 0 Å². The number of halogens is 1. The molecular formula is C3H4FO2Si. The monoisotopic (exact) mass is 119 g/mol. The van der Waals surface area contributed by atoms with Crippen LogP contribution < -0.4 is 0 Å². The Bertz CT molecular complexity index is 64.0. The lowest BCUT2D eigenvalue weighted by Gasteiger charge is -1.64. The molecule has 0 aromatic heterocycles. The smallest absolute Gasteiger partial charge is 0.327 e. The Kier molecular flexibility index (Phi) is 12.4. The number of carboxylic acids is 1. The van der Waals surface area contributed by atoms with Gasteiger partial charge in [0.2, 0.25) is 0 Å². The average Bonchev–Trinajstić information content (AvgIpc) is 1.73. The van der Waals surface area contributed by atoms with Crippen molar-refractivity contribution in [3.05, 3.63) is 12.7 Å². The van der Waals surface area contributed by atoms with Crippen LogP contribution >= 0.6 is 0 Å². The number of hydrogen-bond acceptors (Lipinski definition) is 1. The Morgan fingerprint density at radius 1 is 1.86 bits per heavy atom. The van der Waals surface area contributed by atoms with Crippen molar-refractivity contribution in [2.45, 2.75) is 0 Å². The van der Waals surface area contributed by atoms with Gasteiger partial charge in [0.05, 0.1) is 0 Å². The third-order valence-electron chi connectivity index (χ3n) is 0.175. The minimum atomic E-state index is -0.981. The zero-order valence-corrected chi connectivity index (χ0v) is 4.52. The van der Waals surface area contributed by atoms with E-state index in [-0.39, 0.29) is 0 Å². The fraction of sp³-hybridized carbons (Fsp3) is 0. The Balaban J connectivity index is 0. The highest BCUT2D eigenvalue weighted by Gasteiger charge is 1.73. The summed E-state index contributed by atoms with van der Waals surface area (Å²) in [5.74, 6) is -0.981. The molecule has 0 rings (SSSR count). The first-order valence-electron chi connectivity index (χ1n) is 1.31. The maximum atomic E-state index is 9.31. The van der Waals surface area contributed by atoms with Crippen LogP contribution in [0.1, 0.15) is 0 Å². The molecule has 1 N–H and O–H groups in total. The van der Waals surface area contributed by atoms with E-state index in [0.717, 1.165) is 6.08 Å². The largest absolute Gasteiger partial charge is 0.478 e. The molecule has 3 radical (unpaired) electrons. The number of hydrogen-bond donors (Lipinski definition) is 1. The number of carboxylic acid groups (broad SMARTS) is 1. The van der Waals surface area contributed by atoms with Crippen LogP contribution in [0.25, 0.3) is 0 Å². The van der Waals surface area contributed by atoms with Crippen LogP contribution in [-0.4, -0.2) is 21.7 Å². The molecule has 0 amide bonds. The summed E-state index contributed by atoms with van der Waals surface area (Å²) in [6.07, 6.45) is 0.833. The molecule has 0 heterocycles. The summed E-state index contributed by atoms with van der Waals surface area (Å²) in [4.78, 5) is 9.25. The van der Waals surface area contributed by atoms with Gasteiger partial charge in [0.1, 0.15) is 0 Å². The van der Waals surface area contributed by atoms with E-state index in [1.165, 1.54) is 10.6 Å². The average molecular weight is 119 g/mol. The molecule has 7 heavy (non-hydrogen) atoms. The fourth-order valence-corrected chi connectivity index (χ4v) is 0. The summed E-state index contributed by atoms with van der Waals surface area (Å²) >= 11 is 0. The van der Waals surface area contributed by atoms with E-state index in [1.807, 2.05) is 0 Å². The number of rotatable bonds is 1. The second-order valence-corrected chi connectivity index (χ2v) is 0.542. The van der Waals surface area contributed by atoms with Crippen LogP contribution in [0.2, 0.25) is 0 Å². The van der Waals surface area contributed by atoms with Crippen molar-refractivity contribution in [1.29, 1.82) is 0 Å². The molecule has 4 heteroatoms. The molecule has 0 fully saturated rings. The summed E-state index contributed by atoms with van der Waals surface area (Å²) in [5, 5.41) is 7.60. The van der Waals surface area contributed by atoms with Gasteiger partial charge in [0.25, 0.3) is 0 Å². The summed E-state index contributed by atoms with van der Waals surface area (Å²) in [6.45, 7) is 2.96. The maximum Gasteiger partial charge on any atom is 0.327 e. The van der Waals surface area contributed by atoms with Gasteiger partial charge in [-0.2, -0.15) is 0 Å². The Morgan fingerprint density at radius 3 is 2.00 bits per heavy atom. The van der Waals surface area contributed by atoms with Gasteiger partial charge < -0.3 is 9.21 Å². The van der Waals surface area contributed by atoms with E-state index in [1.54, 1.807) is 0 Å². The Labute approximate surface area is 44.3 Å². The standard InChI is InChI=1S/C3H4O2.FSi/c1-2-3(4)5;1-2/h2H,1H2,(H,4,5);. The lowest BCUT2D eigenvalue weighted by molar-refractivity contribution is -0.131. The molecule has 0 saturated carbocycles. The zero-order chi connectivity index (χ0) is 6.28. The highest BCUT2D eigenvalue weighted by Crippen LogP contribution is 1.54. The molecule has 0 aliphatic carbocycles. The van der Waals surface area contributed by atoms with Gasteiger partial charge in [-0.25, -0.2) is 4.79 Å². The maximum absolute atomic E-state index is 9.31. The van der Waals surface area contributed by atoms with Crippen LogP contribution in [-0.2, 0) is 4.79 Å². The summed E-state index contributed by atoms with van der Waals surface area (Å²) in [7, 11) is 1.47. The normalized spacial score (nSPS) is 5.43. The van der Waals surface area contributed by atoms with E-state index in [2.05, 4.69) is 6.58 Å².